The number of carbonyl (C=O) groups excluding carboxylic acids is 1. The van der Waals surface area contributed by atoms with Gasteiger partial charge >= 0.3 is 0 Å². The summed E-state index contributed by atoms with van der Waals surface area (Å²) in [5, 5.41) is 2.62. The van der Waals surface area contributed by atoms with E-state index in [1.165, 1.54) is 22.0 Å². The number of carbonyl (C=O) groups is 1. The van der Waals surface area contributed by atoms with Gasteiger partial charge in [0.2, 0.25) is 15.9 Å². The van der Waals surface area contributed by atoms with Crippen molar-refractivity contribution in [2.45, 2.75) is 42.7 Å². The Bertz CT molecular complexity index is 851. The number of nitrogens with zero attached hydrogens (tertiary/aromatic N) is 1. The predicted molar refractivity (Wildman–Crippen MR) is 112 cm³/mol. The van der Waals surface area contributed by atoms with Crippen LogP contribution in [0.15, 0.2) is 59.5 Å². The highest BCUT2D eigenvalue weighted by Gasteiger charge is 2.23. The average molecular weight is 407 g/mol. The molecule has 0 aliphatic heterocycles. The number of sulfonamides is 1. The third-order valence-electron chi connectivity index (χ3n) is 4.24. The van der Waals surface area contributed by atoms with E-state index in [1.807, 2.05) is 51.1 Å². The maximum Gasteiger partial charge on any atom is 0.243 e. The molecule has 0 aromatic heterocycles. The molecule has 0 aliphatic rings. The van der Waals surface area contributed by atoms with Crippen LogP contribution < -0.4 is 5.32 Å². The minimum absolute atomic E-state index is 0.106. The molecule has 0 spiro atoms. The number of nitrogens with one attached hydrogen (secondary N) is 1. The van der Waals surface area contributed by atoms with E-state index in [4.69, 9.17) is 0 Å². The third kappa shape index (κ3) is 5.82. The van der Waals surface area contributed by atoms with Gasteiger partial charge in [0.05, 0.1) is 10.1 Å². The number of amides is 1. The summed E-state index contributed by atoms with van der Waals surface area (Å²) in [4.78, 5) is 12.6. The summed E-state index contributed by atoms with van der Waals surface area (Å²) in [5.41, 5.74) is 1.75. The summed E-state index contributed by atoms with van der Waals surface area (Å²) >= 11 is 1.56. The van der Waals surface area contributed by atoms with E-state index in [2.05, 4.69) is 5.32 Å². The van der Waals surface area contributed by atoms with Crippen LogP contribution in [0.4, 0.5) is 5.69 Å². The molecular weight excluding hydrogens is 380 g/mol. The topological polar surface area (TPSA) is 66.5 Å². The maximum atomic E-state index is 12.5. The highest BCUT2D eigenvalue weighted by atomic mass is 32.2. The maximum absolute atomic E-state index is 12.5. The molecule has 0 aliphatic carbocycles. The molecule has 1 amide bonds. The van der Waals surface area contributed by atoms with E-state index < -0.39 is 10.0 Å². The second-order valence-electron chi connectivity index (χ2n) is 6.57. The van der Waals surface area contributed by atoms with E-state index in [0.717, 1.165) is 5.75 Å². The third-order valence-corrected chi connectivity index (χ3v) is 7.50. The summed E-state index contributed by atoms with van der Waals surface area (Å²) in [6.45, 7) is 5.50. The number of anilines is 1. The Morgan fingerprint density at radius 2 is 1.63 bits per heavy atom. The van der Waals surface area contributed by atoms with Crippen LogP contribution in [0, 0.1) is 0 Å². The Kier molecular flexibility index (Phi) is 7.47. The molecule has 7 heteroatoms. The Hall–Kier alpha value is -1.83. The largest absolute Gasteiger partial charge is 0.325 e. The zero-order valence-corrected chi connectivity index (χ0v) is 17.7. The van der Waals surface area contributed by atoms with E-state index in [9.17, 15) is 13.2 Å². The highest BCUT2D eigenvalue weighted by Crippen LogP contribution is 2.21. The van der Waals surface area contributed by atoms with Gasteiger partial charge in [-0.15, -0.1) is 11.8 Å². The van der Waals surface area contributed by atoms with Crippen LogP contribution in [-0.2, 0) is 20.6 Å². The van der Waals surface area contributed by atoms with Gasteiger partial charge in [0, 0.05) is 24.5 Å². The van der Waals surface area contributed by atoms with Crippen LogP contribution in [0.1, 0.15) is 26.3 Å². The molecule has 5 nitrogen and oxygen atoms in total. The van der Waals surface area contributed by atoms with Crippen molar-refractivity contribution in [1.29, 1.82) is 0 Å². The molecule has 2 aromatic carbocycles. The molecule has 146 valence electrons. The van der Waals surface area contributed by atoms with Gasteiger partial charge in [-0.1, -0.05) is 30.3 Å². The van der Waals surface area contributed by atoms with Crippen molar-refractivity contribution < 1.29 is 13.2 Å². The molecule has 0 heterocycles. The summed E-state index contributed by atoms with van der Waals surface area (Å²) in [6, 6.07) is 16.1. The summed E-state index contributed by atoms with van der Waals surface area (Å²) < 4.78 is 26.3. The van der Waals surface area contributed by atoms with Crippen molar-refractivity contribution in [3.8, 4) is 0 Å². The van der Waals surface area contributed by atoms with Crippen molar-refractivity contribution in [2.75, 3.05) is 12.4 Å². The quantitative estimate of drug-likeness (QED) is 0.720. The lowest BCUT2D eigenvalue weighted by molar-refractivity contribution is -0.115. The van der Waals surface area contributed by atoms with E-state index in [1.54, 1.807) is 30.9 Å². The Labute approximate surface area is 166 Å². The Morgan fingerprint density at radius 3 is 2.19 bits per heavy atom. The molecule has 0 saturated carbocycles. The molecule has 1 unspecified atom stereocenters. The van der Waals surface area contributed by atoms with Crippen LogP contribution in [0.25, 0.3) is 0 Å². The first-order valence-electron chi connectivity index (χ1n) is 8.76. The van der Waals surface area contributed by atoms with Gasteiger partial charge in [0.25, 0.3) is 0 Å². The zero-order chi connectivity index (χ0) is 20.0. The predicted octanol–water partition coefficient (Wildman–Crippen LogP) is 3.98. The normalized spacial score (nSPS) is 13.0. The van der Waals surface area contributed by atoms with Crippen molar-refractivity contribution >= 4 is 33.4 Å². The first-order valence-corrected chi connectivity index (χ1v) is 11.2. The van der Waals surface area contributed by atoms with E-state index >= 15 is 0 Å². The standard InChI is InChI=1S/C20H26N2O3S2/c1-15(2)22(4)27(24,25)19-12-10-18(11-13-19)21-20(23)16(3)26-14-17-8-6-5-7-9-17/h5-13,15-16H,14H2,1-4H3,(H,21,23). The SMILES string of the molecule is CC(SCc1ccccc1)C(=O)Nc1ccc(S(=O)(=O)N(C)C(C)C)cc1. The van der Waals surface area contributed by atoms with Gasteiger partial charge < -0.3 is 5.32 Å². The van der Waals surface area contributed by atoms with Gasteiger partial charge in [-0.2, -0.15) is 4.31 Å². The number of benzene rings is 2. The molecule has 1 atom stereocenters. The molecular formula is C20H26N2O3S2. The fourth-order valence-electron chi connectivity index (χ4n) is 2.27. The van der Waals surface area contributed by atoms with Gasteiger partial charge in [-0.05, 0) is 50.6 Å². The second kappa shape index (κ2) is 9.39. The molecule has 2 rings (SSSR count). The fourth-order valence-corrected chi connectivity index (χ4v) is 4.48. The van der Waals surface area contributed by atoms with Crippen molar-refractivity contribution in [3.05, 3.63) is 60.2 Å². The lowest BCUT2D eigenvalue weighted by Crippen LogP contribution is -2.33. The second-order valence-corrected chi connectivity index (χ2v) is 9.89. The minimum atomic E-state index is -3.52. The van der Waals surface area contributed by atoms with Crippen LogP contribution in [0.5, 0.6) is 0 Å². The van der Waals surface area contributed by atoms with Crippen LogP contribution in [0.2, 0.25) is 0 Å². The number of thioether (sulfide) groups is 1. The average Bonchev–Trinajstić information content (AvgIpc) is 2.66. The summed E-state index contributed by atoms with van der Waals surface area (Å²) in [6.07, 6.45) is 0. The van der Waals surface area contributed by atoms with Gasteiger partial charge in [-0.25, -0.2) is 8.42 Å². The van der Waals surface area contributed by atoms with Crippen LogP contribution in [0.3, 0.4) is 0 Å². The van der Waals surface area contributed by atoms with Crippen molar-refractivity contribution in [2.24, 2.45) is 0 Å². The highest BCUT2D eigenvalue weighted by molar-refractivity contribution is 7.99. The Morgan fingerprint density at radius 1 is 1.04 bits per heavy atom. The summed E-state index contributed by atoms with van der Waals surface area (Å²) in [7, 11) is -1.97. The van der Waals surface area contributed by atoms with Crippen molar-refractivity contribution in [3.63, 3.8) is 0 Å². The molecule has 2 aromatic rings. The first-order chi connectivity index (χ1) is 12.7. The molecule has 0 bridgehead atoms. The van der Waals surface area contributed by atoms with E-state index in [-0.39, 0.29) is 22.1 Å². The number of rotatable bonds is 8. The molecule has 0 saturated heterocycles. The van der Waals surface area contributed by atoms with Crippen LogP contribution >= 0.6 is 11.8 Å². The van der Waals surface area contributed by atoms with E-state index in [0.29, 0.717) is 5.69 Å². The first kappa shape index (κ1) is 21.5. The Balaban J connectivity index is 1.96. The van der Waals surface area contributed by atoms with Crippen molar-refractivity contribution in [1.82, 2.24) is 4.31 Å². The van der Waals surface area contributed by atoms with Gasteiger partial charge in [0.15, 0.2) is 0 Å². The zero-order valence-electron chi connectivity index (χ0n) is 16.0. The number of hydrogen-bond donors (Lipinski definition) is 1. The fraction of sp³-hybridized carbons (Fsp3) is 0.350. The lowest BCUT2D eigenvalue weighted by Gasteiger charge is -2.21. The molecule has 27 heavy (non-hydrogen) atoms. The number of hydrogen-bond acceptors (Lipinski definition) is 4. The summed E-state index contributed by atoms with van der Waals surface area (Å²) in [5.74, 6) is 0.652. The minimum Gasteiger partial charge on any atom is -0.325 e. The molecule has 0 fully saturated rings. The van der Waals surface area contributed by atoms with Crippen LogP contribution in [-0.4, -0.2) is 37.0 Å². The van der Waals surface area contributed by atoms with Gasteiger partial charge in [0.1, 0.15) is 0 Å². The smallest absolute Gasteiger partial charge is 0.243 e. The lowest BCUT2D eigenvalue weighted by atomic mass is 10.2. The van der Waals surface area contributed by atoms with Gasteiger partial charge in [-0.3, -0.25) is 4.79 Å². The monoisotopic (exact) mass is 406 g/mol. The molecule has 0 radical (unpaired) electrons. The molecule has 1 N–H and O–H groups in total.